The number of halogens is 2. The van der Waals surface area contributed by atoms with Crippen LogP contribution >= 0.6 is 27.5 Å². The van der Waals surface area contributed by atoms with Crippen molar-refractivity contribution in [1.82, 2.24) is 0 Å². The highest BCUT2D eigenvalue weighted by Gasteiger charge is 2.09. The highest BCUT2D eigenvalue weighted by atomic mass is 79.9. The first kappa shape index (κ1) is 16.7. The van der Waals surface area contributed by atoms with E-state index in [2.05, 4.69) is 15.9 Å². The highest BCUT2D eigenvalue weighted by Crippen LogP contribution is 2.18. The number of carbonyl (C=O) groups excluding carboxylic acids is 1. The number of benzene rings is 3. The van der Waals surface area contributed by atoms with Gasteiger partial charge in [-0.15, -0.1) is 0 Å². The smallest absolute Gasteiger partial charge is 0.193 e. The number of hydrogen-bond donors (Lipinski definition) is 0. The van der Waals surface area contributed by atoms with Crippen molar-refractivity contribution in [2.75, 3.05) is 0 Å². The third kappa shape index (κ3) is 4.25. The minimum Gasteiger partial charge on any atom is -0.489 e. The van der Waals surface area contributed by atoms with E-state index in [1.165, 1.54) is 0 Å². The fourth-order valence-electron chi connectivity index (χ4n) is 2.22. The van der Waals surface area contributed by atoms with Gasteiger partial charge in [0.2, 0.25) is 0 Å². The van der Waals surface area contributed by atoms with E-state index < -0.39 is 0 Å². The second-order valence-electron chi connectivity index (χ2n) is 5.28. The molecular formula is C20H14BrClO2. The average Bonchev–Trinajstić information content (AvgIpc) is 2.62. The molecule has 0 amide bonds. The van der Waals surface area contributed by atoms with Crippen LogP contribution in [-0.4, -0.2) is 5.78 Å². The molecule has 0 aromatic heterocycles. The lowest BCUT2D eigenvalue weighted by molar-refractivity contribution is 0.103. The Kier molecular flexibility index (Phi) is 5.34. The fraction of sp³-hybridized carbons (Fsp3) is 0.0500. The van der Waals surface area contributed by atoms with Gasteiger partial charge in [0.25, 0.3) is 0 Å². The minimum absolute atomic E-state index is 0.0360. The predicted octanol–water partition coefficient (Wildman–Crippen LogP) is 5.91. The Morgan fingerprint density at radius 1 is 0.833 bits per heavy atom. The van der Waals surface area contributed by atoms with Gasteiger partial charge in [0.1, 0.15) is 12.4 Å². The molecule has 0 radical (unpaired) electrons. The summed E-state index contributed by atoms with van der Waals surface area (Å²) in [5.41, 5.74) is 2.32. The molecule has 0 N–H and O–H groups in total. The van der Waals surface area contributed by atoms with Crippen molar-refractivity contribution in [3.8, 4) is 5.75 Å². The zero-order chi connectivity index (χ0) is 16.9. The minimum atomic E-state index is -0.0360. The van der Waals surface area contributed by atoms with Gasteiger partial charge in [-0.3, -0.25) is 4.79 Å². The number of carbonyl (C=O) groups is 1. The topological polar surface area (TPSA) is 26.3 Å². The Bertz CT molecular complexity index is 825. The van der Waals surface area contributed by atoms with Crippen LogP contribution in [0.15, 0.2) is 77.3 Å². The average molecular weight is 402 g/mol. The van der Waals surface area contributed by atoms with Crippen molar-refractivity contribution < 1.29 is 9.53 Å². The van der Waals surface area contributed by atoms with Crippen LogP contribution in [0, 0.1) is 0 Å². The first-order valence-corrected chi connectivity index (χ1v) is 8.56. The quantitative estimate of drug-likeness (QED) is 0.497. The summed E-state index contributed by atoms with van der Waals surface area (Å²) < 4.78 is 6.78. The largest absolute Gasteiger partial charge is 0.489 e. The third-order valence-corrected chi connectivity index (χ3v) is 4.32. The molecule has 4 heteroatoms. The summed E-state index contributed by atoms with van der Waals surface area (Å²) in [4.78, 5) is 12.4. The number of hydrogen-bond acceptors (Lipinski definition) is 2. The van der Waals surface area contributed by atoms with Gasteiger partial charge in [-0.05, 0) is 66.2 Å². The molecule has 0 aliphatic rings. The van der Waals surface area contributed by atoms with E-state index >= 15 is 0 Å². The maximum absolute atomic E-state index is 12.4. The first-order valence-electron chi connectivity index (χ1n) is 7.39. The number of ketones is 1. The first-order chi connectivity index (χ1) is 11.6. The molecule has 0 fully saturated rings. The van der Waals surface area contributed by atoms with Crippen LogP contribution in [0.5, 0.6) is 5.75 Å². The van der Waals surface area contributed by atoms with Gasteiger partial charge in [0.15, 0.2) is 5.78 Å². The summed E-state index contributed by atoms with van der Waals surface area (Å²) in [6.45, 7) is 0.484. The number of ether oxygens (including phenoxy) is 1. The van der Waals surface area contributed by atoms with Gasteiger partial charge in [-0.1, -0.05) is 39.7 Å². The van der Waals surface area contributed by atoms with Crippen LogP contribution in [-0.2, 0) is 6.61 Å². The van der Waals surface area contributed by atoms with E-state index in [-0.39, 0.29) is 5.78 Å². The lowest BCUT2D eigenvalue weighted by Crippen LogP contribution is -2.01. The molecule has 0 aliphatic carbocycles. The second-order valence-corrected chi connectivity index (χ2v) is 6.63. The van der Waals surface area contributed by atoms with Crippen molar-refractivity contribution in [2.24, 2.45) is 0 Å². The molecule has 2 nitrogen and oxygen atoms in total. The van der Waals surface area contributed by atoms with Crippen molar-refractivity contribution in [2.45, 2.75) is 6.61 Å². The Labute approximate surface area is 154 Å². The SMILES string of the molecule is O=C(c1ccc(Cl)cc1)c1ccc(OCc2ccc(Br)cc2)cc1. The second kappa shape index (κ2) is 7.65. The predicted molar refractivity (Wildman–Crippen MR) is 99.8 cm³/mol. The van der Waals surface area contributed by atoms with E-state index in [0.717, 1.165) is 15.8 Å². The van der Waals surface area contributed by atoms with Gasteiger partial charge in [-0.25, -0.2) is 0 Å². The fourth-order valence-corrected chi connectivity index (χ4v) is 2.61. The monoisotopic (exact) mass is 400 g/mol. The molecule has 0 spiro atoms. The molecule has 120 valence electrons. The lowest BCUT2D eigenvalue weighted by Gasteiger charge is -2.07. The van der Waals surface area contributed by atoms with Crippen molar-refractivity contribution in [1.29, 1.82) is 0 Å². The van der Waals surface area contributed by atoms with E-state index in [0.29, 0.717) is 22.8 Å². The van der Waals surface area contributed by atoms with Crippen LogP contribution in [0.25, 0.3) is 0 Å². The van der Waals surface area contributed by atoms with Crippen LogP contribution in [0.1, 0.15) is 21.5 Å². The molecule has 0 unspecified atom stereocenters. The Hall–Kier alpha value is -2.10. The van der Waals surface area contributed by atoms with Crippen molar-refractivity contribution in [3.63, 3.8) is 0 Å². The van der Waals surface area contributed by atoms with Crippen molar-refractivity contribution in [3.05, 3.63) is 99.0 Å². The molecule has 3 aromatic carbocycles. The molecular weight excluding hydrogens is 388 g/mol. The molecule has 3 rings (SSSR count). The van der Waals surface area contributed by atoms with E-state index in [4.69, 9.17) is 16.3 Å². The third-order valence-electron chi connectivity index (χ3n) is 3.54. The Morgan fingerprint density at radius 2 is 1.38 bits per heavy atom. The van der Waals surface area contributed by atoms with E-state index in [9.17, 15) is 4.79 Å². The summed E-state index contributed by atoms with van der Waals surface area (Å²) in [5.74, 6) is 0.691. The molecule has 0 aliphatic heterocycles. The molecule has 24 heavy (non-hydrogen) atoms. The van der Waals surface area contributed by atoms with Crippen LogP contribution in [0.4, 0.5) is 0 Å². The molecule has 0 heterocycles. The normalized spacial score (nSPS) is 10.4. The zero-order valence-corrected chi connectivity index (χ0v) is 15.0. The summed E-state index contributed by atoms with van der Waals surface area (Å²) >= 11 is 9.25. The summed E-state index contributed by atoms with van der Waals surface area (Å²) in [7, 11) is 0. The molecule has 0 saturated carbocycles. The molecule has 3 aromatic rings. The van der Waals surface area contributed by atoms with Crippen LogP contribution in [0.3, 0.4) is 0 Å². The highest BCUT2D eigenvalue weighted by molar-refractivity contribution is 9.10. The summed E-state index contributed by atoms with van der Waals surface area (Å²) in [6, 6.07) is 22.0. The lowest BCUT2D eigenvalue weighted by atomic mass is 10.0. The van der Waals surface area contributed by atoms with Crippen LogP contribution in [0.2, 0.25) is 5.02 Å². The Morgan fingerprint density at radius 3 is 1.96 bits per heavy atom. The van der Waals surface area contributed by atoms with Gasteiger partial charge < -0.3 is 4.74 Å². The van der Waals surface area contributed by atoms with Gasteiger partial charge in [0.05, 0.1) is 0 Å². The van der Waals surface area contributed by atoms with Gasteiger partial charge in [-0.2, -0.15) is 0 Å². The number of rotatable bonds is 5. The maximum atomic E-state index is 12.4. The summed E-state index contributed by atoms with van der Waals surface area (Å²) in [6.07, 6.45) is 0. The molecule has 0 bridgehead atoms. The van der Waals surface area contributed by atoms with Gasteiger partial charge in [0, 0.05) is 20.6 Å². The van der Waals surface area contributed by atoms with Crippen molar-refractivity contribution >= 4 is 33.3 Å². The van der Waals surface area contributed by atoms with E-state index in [1.807, 2.05) is 36.4 Å². The molecule has 0 saturated heterocycles. The van der Waals surface area contributed by atoms with E-state index in [1.54, 1.807) is 36.4 Å². The van der Waals surface area contributed by atoms with Crippen LogP contribution < -0.4 is 4.74 Å². The van der Waals surface area contributed by atoms with Gasteiger partial charge >= 0.3 is 0 Å². The Balaban J connectivity index is 1.65. The summed E-state index contributed by atoms with van der Waals surface area (Å²) in [5, 5.41) is 0.614. The maximum Gasteiger partial charge on any atom is 0.193 e. The standard InChI is InChI=1S/C20H14BrClO2/c21-17-7-1-14(2-8-17)13-24-19-11-5-16(6-12-19)20(23)15-3-9-18(22)10-4-15/h1-12H,13H2. The molecule has 0 atom stereocenters. The zero-order valence-electron chi connectivity index (χ0n) is 12.7.